The molecule has 0 aromatic heterocycles. The molecule has 2 rings (SSSR count). The Labute approximate surface area is 139 Å². The van der Waals surface area contributed by atoms with Crippen LogP contribution in [0.15, 0.2) is 40.3 Å². The lowest BCUT2D eigenvalue weighted by Crippen LogP contribution is -2.45. The van der Waals surface area contributed by atoms with Gasteiger partial charge in [-0.1, -0.05) is 30.0 Å². The second-order valence-corrected chi connectivity index (χ2v) is 8.73. The molecular weight excluding hydrogens is 338 g/mol. The summed E-state index contributed by atoms with van der Waals surface area (Å²) in [6, 6.07) is 8.01. The van der Waals surface area contributed by atoms with E-state index in [1.54, 1.807) is 25.1 Å². The average molecular weight is 355 g/mol. The first-order valence-electron chi connectivity index (χ1n) is 6.78. The summed E-state index contributed by atoms with van der Waals surface area (Å²) >= 11 is 1.04. The molecule has 0 aliphatic carbocycles. The maximum absolute atomic E-state index is 12.6. The van der Waals surface area contributed by atoms with Crippen LogP contribution in [0.25, 0.3) is 0 Å². The largest absolute Gasteiger partial charge is 0.304 e. The van der Waals surface area contributed by atoms with E-state index in [0.29, 0.717) is 0 Å². The summed E-state index contributed by atoms with van der Waals surface area (Å²) in [5.41, 5.74) is 0. The van der Waals surface area contributed by atoms with Crippen molar-refractivity contribution in [2.45, 2.75) is 30.5 Å². The van der Waals surface area contributed by atoms with Crippen LogP contribution >= 0.6 is 11.8 Å². The van der Waals surface area contributed by atoms with Crippen LogP contribution in [0.1, 0.15) is 20.8 Å². The summed E-state index contributed by atoms with van der Waals surface area (Å²) in [7, 11) is -3.62. The Kier molecular flexibility index (Phi) is 4.81. The van der Waals surface area contributed by atoms with Crippen molar-refractivity contribution in [3.05, 3.63) is 30.3 Å². The van der Waals surface area contributed by atoms with Gasteiger partial charge in [0.1, 0.15) is 4.87 Å². The second kappa shape index (κ2) is 6.32. The number of amidine groups is 1. The molecule has 0 spiro atoms. The first-order valence-corrected chi connectivity index (χ1v) is 9.25. The highest BCUT2D eigenvalue weighted by Crippen LogP contribution is 2.38. The van der Waals surface area contributed by atoms with Crippen molar-refractivity contribution in [3.63, 3.8) is 0 Å². The van der Waals surface area contributed by atoms with Crippen LogP contribution in [0.5, 0.6) is 0 Å². The molecular formula is C14H17N3O4S2. The second-order valence-electron chi connectivity index (χ2n) is 5.27. The fourth-order valence-corrected chi connectivity index (χ4v) is 5.48. The highest BCUT2D eigenvalue weighted by Gasteiger charge is 2.45. The summed E-state index contributed by atoms with van der Waals surface area (Å²) in [4.78, 5) is 22.0. The van der Waals surface area contributed by atoms with Crippen LogP contribution in [0.3, 0.4) is 0 Å². The van der Waals surface area contributed by atoms with E-state index >= 15 is 0 Å². The lowest BCUT2D eigenvalue weighted by atomic mass is 10.3. The number of hydrazone groups is 1. The lowest BCUT2D eigenvalue weighted by Gasteiger charge is -2.30. The van der Waals surface area contributed by atoms with E-state index in [2.05, 4.69) is 10.4 Å². The molecule has 7 nitrogen and oxygen atoms in total. The molecule has 1 heterocycles. The maximum Gasteiger partial charge on any atom is 0.240 e. The summed E-state index contributed by atoms with van der Waals surface area (Å²) in [6.07, 6.45) is 0. The number of nitrogens with one attached hydrogen (secondary N) is 1. The number of rotatable bonds is 3. The van der Waals surface area contributed by atoms with Gasteiger partial charge in [-0.2, -0.15) is 0 Å². The summed E-state index contributed by atoms with van der Waals surface area (Å²) in [5, 5.41) is 7.83. The zero-order chi connectivity index (χ0) is 17.3. The Bertz CT molecular complexity index is 761. The van der Waals surface area contributed by atoms with Gasteiger partial charge >= 0.3 is 0 Å². The van der Waals surface area contributed by atoms with E-state index < -0.39 is 20.6 Å². The van der Waals surface area contributed by atoms with Crippen molar-refractivity contribution in [2.75, 3.05) is 5.75 Å². The van der Waals surface area contributed by atoms with Gasteiger partial charge in [-0.15, -0.1) is 5.10 Å². The molecule has 1 N–H and O–H groups in total. The molecule has 1 aromatic rings. The van der Waals surface area contributed by atoms with E-state index in [0.717, 1.165) is 16.8 Å². The molecule has 0 radical (unpaired) electrons. The zero-order valence-corrected chi connectivity index (χ0v) is 14.6. The summed E-state index contributed by atoms with van der Waals surface area (Å²) in [6.45, 7) is 4.23. The van der Waals surface area contributed by atoms with Crippen molar-refractivity contribution in [1.82, 2.24) is 10.3 Å². The highest BCUT2D eigenvalue weighted by molar-refractivity contribution is 8.15. The van der Waals surface area contributed by atoms with E-state index in [-0.39, 0.29) is 21.7 Å². The van der Waals surface area contributed by atoms with Crippen LogP contribution in [-0.4, -0.2) is 41.0 Å². The quantitative estimate of drug-likeness (QED) is 0.878. The highest BCUT2D eigenvalue weighted by atomic mass is 32.2. The Hall–Kier alpha value is -1.87. The van der Waals surface area contributed by atoms with Crippen molar-refractivity contribution < 1.29 is 18.0 Å². The first kappa shape index (κ1) is 17.5. The monoisotopic (exact) mass is 355 g/mol. The Morgan fingerprint density at radius 1 is 1.26 bits per heavy atom. The number of nitrogens with zero attached hydrogens (tertiary/aromatic N) is 2. The third kappa shape index (κ3) is 3.91. The standard InChI is InChI=1S/C14H17N3O4S2/c1-10(18)15-13-16-17(11(2)19)14(3,22-13)9-23(20,21)12-7-5-4-6-8-12/h4-8H,9H2,1-3H3,(H,15,16,18)/t14-/m0/s1. The van der Waals surface area contributed by atoms with Crippen molar-refractivity contribution in [2.24, 2.45) is 5.10 Å². The fourth-order valence-electron chi connectivity index (χ4n) is 2.23. The SMILES string of the molecule is CC(=O)NC1=NN(C(C)=O)[C@](C)(CS(=O)(=O)c2ccccc2)S1. The number of amides is 2. The molecule has 0 fully saturated rings. The Balaban J connectivity index is 2.30. The molecule has 0 saturated carbocycles. The van der Waals surface area contributed by atoms with Crippen molar-refractivity contribution in [1.29, 1.82) is 0 Å². The minimum Gasteiger partial charge on any atom is -0.304 e. The normalized spacial score (nSPS) is 21.0. The predicted molar refractivity (Wildman–Crippen MR) is 88.3 cm³/mol. The van der Waals surface area contributed by atoms with Crippen LogP contribution in [0.2, 0.25) is 0 Å². The topological polar surface area (TPSA) is 95.9 Å². The van der Waals surface area contributed by atoms with E-state index in [4.69, 9.17) is 0 Å². The van der Waals surface area contributed by atoms with Crippen LogP contribution < -0.4 is 5.32 Å². The Morgan fingerprint density at radius 2 is 1.87 bits per heavy atom. The number of benzene rings is 1. The van der Waals surface area contributed by atoms with Gasteiger partial charge in [0.2, 0.25) is 11.8 Å². The van der Waals surface area contributed by atoms with Gasteiger partial charge in [-0.25, -0.2) is 13.4 Å². The molecule has 1 atom stereocenters. The first-order chi connectivity index (χ1) is 10.6. The predicted octanol–water partition coefficient (Wildman–Crippen LogP) is 1.18. The number of sulfone groups is 1. The lowest BCUT2D eigenvalue weighted by molar-refractivity contribution is -0.131. The van der Waals surface area contributed by atoms with Gasteiger partial charge in [0, 0.05) is 13.8 Å². The van der Waals surface area contributed by atoms with Gasteiger partial charge in [0.05, 0.1) is 10.6 Å². The molecule has 1 aliphatic heterocycles. The van der Waals surface area contributed by atoms with Gasteiger partial charge in [-0.3, -0.25) is 9.59 Å². The van der Waals surface area contributed by atoms with Crippen molar-refractivity contribution in [3.8, 4) is 0 Å². The molecule has 9 heteroatoms. The molecule has 23 heavy (non-hydrogen) atoms. The van der Waals surface area contributed by atoms with Crippen LogP contribution in [0.4, 0.5) is 0 Å². The van der Waals surface area contributed by atoms with Gasteiger partial charge in [0.15, 0.2) is 15.0 Å². The van der Waals surface area contributed by atoms with E-state index in [1.165, 1.54) is 26.0 Å². The minimum atomic E-state index is -3.62. The van der Waals surface area contributed by atoms with Crippen LogP contribution in [0, 0.1) is 0 Å². The van der Waals surface area contributed by atoms with Gasteiger partial charge in [-0.05, 0) is 19.1 Å². The summed E-state index contributed by atoms with van der Waals surface area (Å²) in [5.74, 6) is -1.06. The number of carbonyl (C=O) groups is 2. The number of hydrogen-bond donors (Lipinski definition) is 1. The van der Waals surface area contributed by atoms with Crippen LogP contribution in [-0.2, 0) is 19.4 Å². The third-order valence-corrected chi connectivity index (χ3v) is 6.35. The minimum absolute atomic E-state index is 0.179. The van der Waals surface area contributed by atoms with E-state index in [9.17, 15) is 18.0 Å². The zero-order valence-electron chi connectivity index (χ0n) is 12.9. The summed E-state index contributed by atoms with van der Waals surface area (Å²) < 4.78 is 25.2. The van der Waals surface area contributed by atoms with Crippen molar-refractivity contribution >= 4 is 38.6 Å². The molecule has 2 amide bonds. The smallest absolute Gasteiger partial charge is 0.240 e. The molecule has 124 valence electrons. The van der Waals surface area contributed by atoms with E-state index in [1.807, 2.05) is 0 Å². The molecule has 0 saturated heterocycles. The number of carbonyl (C=O) groups excluding carboxylic acids is 2. The molecule has 0 bridgehead atoms. The molecule has 1 aliphatic rings. The Morgan fingerprint density at radius 3 is 2.39 bits per heavy atom. The van der Waals surface area contributed by atoms with Gasteiger partial charge in [0.25, 0.3) is 0 Å². The number of hydrogen-bond acceptors (Lipinski definition) is 6. The molecule has 1 aromatic carbocycles. The average Bonchev–Trinajstić information content (AvgIpc) is 2.74. The maximum atomic E-state index is 12.6. The fraction of sp³-hybridized carbons (Fsp3) is 0.357. The number of thioether (sulfide) groups is 1. The molecule has 0 unspecified atom stereocenters. The third-order valence-electron chi connectivity index (χ3n) is 3.10. The van der Waals surface area contributed by atoms with Gasteiger partial charge < -0.3 is 5.32 Å².